The summed E-state index contributed by atoms with van der Waals surface area (Å²) in [6.45, 7) is 0.706. The molecule has 0 bridgehead atoms. The van der Waals surface area contributed by atoms with E-state index in [0.717, 1.165) is 42.2 Å². The molecule has 0 aromatic heterocycles. The maximum atomic E-state index is 12.7. The third-order valence-corrected chi connectivity index (χ3v) is 7.70. The van der Waals surface area contributed by atoms with E-state index in [2.05, 4.69) is 55.0 Å². The predicted octanol–water partition coefficient (Wildman–Crippen LogP) is 8.00. The second-order valence-electron chi connectivity index (χ2n) is 9.05. The molecule has 2 atom stereocenters. The fraction of sp³-hybridized carbons (Fsp3) is 0.241. The van der Waals surface area contributed by atoms with Crippen LogP contribution in [0.5, 0.6) is 5.75 Å². The highest BCUT2D eigenvalue weighted by atomic mass is 79.9. The van der Waals surface area contributed by atoms with Gasteiger partial charge in [0.25, 0.3) is 0 Å². The van der Waals surface area contributed by atoms with E-state index in [1.54, 1.807) is 7.11 Å². The molecule has 4 aromatic rings. The molecule has 4 rings (SSSR count). The van der Waals surface area contributed by atoms with E-state index in [1.165, 1.54) is 0 Å². The Morgan fingerprint density at radius 1 is 0.886 bits per heavy atom. The molecule has 3 nitrogen and oxygen atoms in total. The fourth-order valence-electron chi connectivity index (χ4n) is 4.62. The molecule has 0 amide bonds. The smallest absolute Gasteiger partial charge is 0.123 e. The van der Waals surface area contributed by atoms with Crippen molar-refractivity contribution < 1.29 is 9.84 Å². The van der Waals surface area contributed by atoms with E-state index in [1.807, 2.05) is 74.8 Å². The quantitative estimate of drug-likeness (QED) is 0.218. The van der Waals surface area contributed by atoms with Crippen molar-refractivity contribution in [1.82, 2.24) is 4.90 Å². The van der Waals surface area contributed by atoms with Crippen LogP contribution in [-0.4, -0.2) is 37.8 Å². The number of rotatable bonds is 8. The molecule has 182 valence electrons. The summed E-state index contributed by atoms with van der Waals surface area (Å²) >= 11 is 13.4. The van der Waals surface area contributed by atoms with Crippen LogP contribution >= 0.6 is 43.5 Å². The number of aliphatic hydroxyl groups is 1. The summed E-state index contributed by atoms with van der Waals surface area (Å²) < 4.78 is 7.88. The van der Waals surface area contributed by atoms with Crippen LogP contribution in [0.1, 0.15) is 29.0 Å². The fourth-order valence-corrected chi connectivity index (χ4v) is 5.39. The van der Waals surface area contributed by atoms with Gasteiger partial charge < -0.3 is 14.7 Å². The van der Waals surface area contributed by atoms with E-state index in [0.29, 0.717) is 18.0 Å². The van der Waals surface area contributed by atoms with Crippen molar-refractivity contribution in [1.29, 1.82) is 0 Å². The molecule has 0 fully saturated rings. The lowest BCUT2D eigenvalue weighted by molar-refractivity contribution is 0.00393. The van der Waals surface area contributed by atoms with Gasteiger partial charge in [-0.05, 0) is 90.9 Å². The lowest BCUT2D eigenvalue weighted by Crippen LogP contribution is -2.37. The van der Waals surface area contributed by atoms with Gasteiger partial charge in [-0.2, -0.15) is 0 Å². The summed E-state index contributed by atoms with van der Waals surface area (Å²) in [4.78, 5) is 2.09. The van der Waals surface area contributed by atoms with Crippen LogP contribution in [0.2, 0.25) is 5.02 Å². The molecular weight excluding hydrogens is 590 g/mol. The summed E-state index contributed by atoms with van der Waals surface area (Å²) in [6.07, 6.45) is 0.522. The monoisotopic (exact) mass is 615 g/mol. The van der Waals surface area contributed by atoms with Gasteiger partial charge in [-0.25, -0.2) is 0 Å². The number of ether oxygens (including phenoxy) is 1. The Labute approximate surface area is 228 Å². The van der Waals surface area contributed by atoms with Gasteiger partial charge in [-0.15, -0.1) is 0 Å². The van der Waals surface area contributed by atoms with Gasteiger partial charge in [-0.3, -0.25) is 0 Å². The zero-order valence-electron chi connectivity index (χ0n) is 19.9. The average Bonchev–Trinajstić information content (AvgIpc) is 2.84. The normalized spacial score (nSPS) is 14.2. The minimum atomic E-state index is -1.22. The molecule has 0 saturated heterocycles. The maximum absolute atomic E-state index is 12.7. The summed E-state index contributed by atoms with van der Waals surface area (Å²) in [5.74, 6) is 0.333. The first kappa shape index (κ1) is 26.2. The Bertz CT molecular complexity index is 1310. The first-order valence-corrected chi connectivity index (χ1v) is 13.3. The van der Waals surface area contributed by atoms with E-state index >= 15 is 0 Å². The molecule has 0 unspecified atom stereocenters. The Hall–Kier alpha value is -1.89. The number of benzene rings is 4. The van der Waals surface area contributed by atoms with Gasteiger partial charge in [-0.1, -0.05) is 73.8 Å². The van der Waals surface area contributed by atoms with Gasteiger partial charge in [0.1, 0.15) is 11.4 Å². The molecule has 0 aliphatic carbocycles. The van der Waals surface area contributed by atoms with Crippen molar-refractivity contribution in [3.05, 3.63) is 110 Å². The van der Waals surface area contributed by atoms with Crippen LogP contribution in [0, 0.1) is 0 Å². The van der Waals surface area contributed by atoms with E-state index in [4.69, 9.17) is 16.3 Å². The highest BCUT2D eigenvalue weighted by Gasteiger charge is 2.42. The molecule has 6 heteroatoms. The minimum absolute atomic E-state index is 0.403. The average molecular weight is 618 g/mol. The van der Waals surface area contributed by atoms with Crippen LogP contribution < -0.4 is 4.74 Å². The third-order valence-electron chi connectivity index (χ3n) is 6.43. The summed E-state index contributed by atoms with van der Waals surface area (Å²) in [6, 6.07) is 26.1. The first-order chi connectivity index (χ1) is 16.7. The second-order valence-corrected chi connectivity index (χ2v) is 11.3. The number of halogens is 3. The van der Waals surface area contributed by atoms with Gasteiger partial charge >= 0.3 is 0 Å². The number of fused-ring (bicyclic) bond motifs is 1. The largest absolute Gasteiger partial charge is 0.496 e. The molecule has 0 saturated carbocycles. The number of hydrogen-bond donors (Lipinski definition) is 1. The van der Waals surface area contributed by atoms with Crippen molar-refractivity contribution >= 4 is 54.2 Å². The highest BCUT2D eigenvalue weighted by molar-refractivity contribution is 9.10. The maximum Gasteiger partial charge on any atom is 0.123 e. The topological polar surface area (TPSA) is 32.7 Å². The summed E-state index contributed by atoms with van der Waals surface area (Å²) in [5, 5.41) is 15.5. The van der Waals surface area contributed by atoms with Crippen LogP contribution in [0.3, 0.4) is 0 Å². The van der Waals surface area contributed by atoms with E-state index < -0.39 is 11.5 Å². The van der Waals surface area contributed by atoms with Crippen molar-refractivity contribution in [2.45, 2.75) is 17.9 Å². The van der Waals surface area contributed by atoms with Crippen LogP contribution in [0.15, 0.2) is 87.8 Å². The minimum Gasteiger partial charge on any atom is -0.496 e. The summed E-state index contributed by atoms with van der Waals surface area (Å²) in [5.41, 5.74) is 1.51. The first-order valence-electron chi connectivity index (χ1n) is 11.4. The zero-order valence-corrected chi connectivity index (χ0v) is 23.9. The van der Waals surface area contributed by atoms with Gasteiger partial charge in [0.15, 0.2) is 0 Å². The molecule has 4 aromatic carbocycles. The zero-order chi connectivity index (χ0) is 25.2. The molecule has 35 heavy (non-hydrogen) atoms. The standard InChI is InChI=1S/C29H28Br2ClNO2/c1-33(2)15-14-29(34,22-7-10-23(30)11-8-22)28(19-5-12-25(32)13-6-19)26-17-21-16-24(31)9-4-20(21)18-27(26)35-3/h4-13,16-18,28,34H,14-15H2,1-3H3/t28-,29-/m1/s1. The number of methoxy groups -OCH3 is 1. The molecule has 0 aliphatic heterocycles. The van der Waals surface area contributed by atoms with Crippen LogP contribution in [0.4, 0.5) is 0 Å². The van der Waals surface area contributed by atoms with Gasteiger partial charge in [0.2, 0.25) is 0 Å². The Kier molecular flexibility index (Phi) is 8.24. The van der Waals surface area contributed by atoms with Gasteiger partial charge in [0, 0.05) is 32.0 Å². The summed E-state index contributed by atoms with van der Waals surface area (Å²) in [7, 11) is 5.72. The molecular formula is C29H28Br2ClNO2. The number of nitrogens with zero attached hydrogens (tertiary/aromatic N) is 1. The number of hydrogen-bond acceptors (Lipinski definition) is 3. The van der Waals surface area contributed by atoms with Crippen molar-refractivity contribution in [2.75, 3.05) is 27.7 Å². The molecule has 0 spiro atoms. The van der Waals surface area contributed by atoms with Crippen LogP contribution in [0.25, 0.3) is 10.8 Å². The lowest BCUT2D eigenvalue weighted by Gasteiger charge is -2.39. The van der Waals surface area contributed by atoms with Gasteiger partial charge in [0.05, 0.1) is 7.11 Å². The lowest BCUT2D eigenvalue weighted by atomic mass is 9.71. The molecule has 0 heterocycles. The van der Waals surface area contributed by atoms with Crippen molar-refractivity contribution in [3.63, 3.8) is 0 Å². The van der Waals surface area contributed by atoms with E-state index in [9.17, 15) is 5.11 Å². The Morgan fingerprint density at radius 2 is 1.54 bits per heavy atom. The van der Waals surface area contributed by atoms with Crippen molar-refractivity contribution in [3.8, 4) is 5.75 Å². The van der Waals surface area contributed by atoms with E-state index in [-0.39, 0.29) is 0 Å². The van der Waals surface area contributed by atoms with Crippen molar-refractivity contribution in [2.24, 2.45) is 0 Å². The Morgan fingerprint density at radius 3 is 2.17 bits per heavy atom. The second kappa shape index (κ2) is 11.0. The SMILES string of the molecule is COc1cc2ccc(Br)cc2cc1[C@@H](c1ccc(Cl)cc1)[C@@](O)(CCN(C)C)c1ccc(Br)cc1. The molecule has 0 aliphatic rings. The molecule has 0 radical (unpaired) electrons. The third kappa shape index (κ3) is 5.76. The Balaban J connectivity index is 2.02. The highest BCUT2D eigenvalue weighted by Crippen LogP contribution is 2.48. The van der Waals surface area contributed by atoms with Crippen LogP contribution in [-0.2, 0) is 5.60 Å². The predicted molar refractivity (Wildman–Crippen MR) is 153 cm³/mol. The molecule has 1 N–H and O–H groups in total.